The first-order valence-corrected chi connectivity index (χ1v) is 7.42. The highest BCUT2D eigenvalue weighted by Gasteiger charge is 2.44. The molecule has 2 aliphatic rings. The molecule has 1 atom stereocenters. The maximum atomic E-state index is 10.4. The summed E-state index contributed by atoms with van der Waals surface area (Å²) in [6.07, 6.45) is 5.06. The van der Waals surface area contributed by atoms with Crippen molar-refractivity contribution >= 4 is 17.8 Å². The van der Waals surface area contributed by atoms with Gasteiger partial charge >= 0.3 is 0 Å². The molecule has 0 amide bonds. The van der Waals surface area contributed by atoms with Crippen molar-refractivity contribution in [3.8, 4) is 5.75 Å². The van der Waals surface area contributed by atoms with E-state index in [9.17, 15) is 4.79 Å². The third-order valence-corrected chi connectivity index (χ3v) is 4.70. The fraction of sp³-hybridized carbons (Fsp3) is 0.500. The Morgan fingerprint density at radius 2 is 2.11 bits per heavy atom. The van der Waals surface area contributed by atoms with Crippen LogP contribution in [0.25, 0.3) is 0 Å². The Morgan fingerprint density at radius 1 is 1.33 bits per heavy atom. The van der Waals surface area contributed by atoms with Crippen molar-refractivity contribution in [3.63, 3.8) is 0 Å². The summed E-state index contributed by atoms with van der Waals surface area (Å²) in [6, 6.07) is 8.01. The normalized spacial score (nSPS) is 24.3. The highest BCUT2D eigenvalue weighted by Crippen LogP contribution is 2.49. The lowest BCUT2D eigenvalue weighted by molar-refractivity contribution is 0.229. The zero-order valence-electron chi connectivity index (χ0n) is 10.1. The minimum Gasteiger partial charge on any atom is -0.490 e. The van der Waals surface area contributed by atoms with E-state index in [0.717, 1.165) is 36.3 Å². The van der Waals surface area contributed by atoms with E-state index in [2.05, 4.69) is 4.99 Å². The minimum absolute atomic E-state index is 0.274. The van der Waals surface area contributed by atoms with E-state index in [0.29, 0.717) is 6.10 Å². The molecule has 0 radical (unpaired) electrons. The largest absolute Gasteiger partial charge is 0.490 e. The molecule has 4 heteroatoms. The van der Waals surface area contributed by atoms with Gasteiger partial charge in [0.05, 0.1) is 5.54 Å². The molecule has 3 nitrogen and oxygen atoms in total. The van der Waals surface area contributed by atoms with Gasteiger partial charge in [0.25, 0.3) is 0 Å². The molecule has 1 saturated carbocycles. The average molecular weight is 261 g/mol. The second kappa shape index (κ2) is 4.79. The highest BCUT2D eigenvalue weighted by atomic mass is 32.2. The molecule has 0 aromatic heterocycles. The summed E-state index contributed by atoms with van der Waals surface area (Å²) in [5.41, 5.74) is 0.822. The van der Waals surface area contributed by atoms with Crippen LogP contribution in [-0.2, 0) is 10.3 Å². The molecule has 0 bridgehead atoms. The van der Waals surface area contributed by atoms with E-state index in [-0.39, 0.29) is 5.54 Å². The topological polar surface area (TPSA) is 38.7 Å². The highest BCUT2D eigenvalue weighted by molar-refractivity contribution is 7.99. The summed E-state index contributed by atoms with van der Waals surface area (Å²) in [7, 11) is 0. The van der Waals surface area contributed by atoms with Crippen LogP contribution in [0.1, 0.15) is 24.8 Å². The van der Waals surface area contributed by atoms with Gasteiger partial charge in [-0.1, -0.05) is 12.1 Å². The Hall–Kier alpha value is -1.25. The molecule has 1 aromatic rings. The van der Waals surface area contributed by atoms with Gasteiger partial charge in [-0.25, -0.2) is 4.79 Å². The molecule has 0 N–H and O–H groups in total. The van der Waals surface area contributed by atoms with Crippen LogP contribution in [-0.4, -0.2) is 23.7 Å². The molecule has 0 spiro atoms. The Morgan fingerprint density at radius 3 is 2.67 bits per heavy atom. The lowest BCUT2D eigenvalue weighted by Gasteiger charge is -2.14. The molecule has 3 rings (SSSR count). The molecule has 1 aliphatic carbocycles. The number of thioether (sulfide) groups is 1. The molecular weight excluding hydrogens is 246 g/mol. The number of rotatable bonds is 4. The zero-order chi connectivity index (χ0) is 12.4. The van der Waals surface area contributed by atoms with Crippen molar-refractivity contribution < 1.29 is 9.53 Å². The van der Waals surface area contributed by atoms with Crippen LogP contribution >= 0.6 is 11.8 Å². The summed E-state index contributed by atoms with van der Waals surface area (Å²) in [6.45, 7) is 0. The number of ether oxygens (including phenoxy) is 1. The van der Waals surface area contributed by atoms with Gasteiger partial charge in [-0.3, -0.25) is 0 Å². The van der Waals surface area contributed by atoms with Crippen LogP contribution in [0.4, 0.5) is 0 Å². The molecule has 18 heavy (non-hydrogen) atoms. The number of benzene rings is 1. The molecule has 2 fully saturated rings. The predicted octanol–water partition coefficient (Wildman–Crippen LogP) is 2.90. The summed E-state index contributed by atoms with van der Waals surface area (Å²) >= 11 is 1.94. The molecule has 1 saturated heterocycles. The number of isocyanates is 1. The van der Waals surface area contributed by atoms with Gasteiger partial charge in [-0.2, -0.15) is 16.8 Å². The molecule has 1 heterocycles. The zero-order valence-corrected chi connectivity index (χ0v) is 10.9. The summed E-state index contributed by atoms with van der Waals surface area (Å²) in [5, 5.41) is 0. The lowest BCUT2D eigenvalue weighted by Crippen LogP contribution is -2.14. The number of nitrogens with zero attached hydrogens (tertiary/aromatic N) is 1. The quantitative estimate of drug-likeness (QED) is 0.618. The second-order valence-corrected chi connectivity index (χ2v) is 6.01. The fourth-order valence-corrected chi connectivity index (χ4v) is 3.41. The first kappa shape index (κ1) is 11.8. The Balaban J connectivity index is 1.71. The molecule has 1 aromatic carbocycles. The van der Waals surface area contributed by atoms with Crippen molar-refractivity contribution in [2.45, 2.75) is 30.9 Å². The van der Waals surface area contributed by atoms with Crippen molar-refractivity contribution in [3.05, 3.63) is 29.8 Å². The maximum Gasteiger partial charge on any atom is 0.235 e. The van der Waals surface area contributed by atoms with E-state index in [1.165, 1.54) is 5.75 Å². The standard InChI is InChI=1S/C14H15NO2S/c16-10-15-14(6-7-14)11-1-3-12(4-2-11)17-13-5-8-18-9-13/h1-4,13H,5-9H2. The first-order chi connectivity index (χ1) is 8.82. The Labute approximate surface area is 111 Å². The Bertz CT molecular complexity index is 469. The average Bonchev–Trinajstić information content (AvgIpc) is 2.99. The molecule has 1 unspecified atom stereocenters. The van der Waals surface area contributed by atoms with Crippen LogP contribution < -0.4 is 4.74 Å². The van der Waals surface area contributed by atoms with Crippen molar-refractivity contribution in [1.82, 2.24) is 0 Å². The van der Waals surface area contributed by atoms with Crippen LogP contribution in [0.5, 0.6) is 5.75 Å². The fourth-order valence-electron chi connectivity index (χ4n) is 2.31. The van der Waals surface area contributed by atoms with Gasteiger partial charge in [0.2, 0.25) is 6.08 Å². The second-order valence-electron chi connectivity index (χ2n) is 4.86. The number of hydrogen-bond acceptors (Lipinski definition) is 4. The molecule has 94 valence electrons. The van der Waals surface area contributed by atoms with Crippen LogP contribution in [0.15, 0.2) is 29.3 Å². The third-order valence-electron chi connectivity index (χ3n) is 3.57. The summed E-state index contributed by atoms with van der Waals surface area (Å²) < 4.78 is 5.89. The van der Waals surface area contributed by atoms with Crippen LogP contribution in [0, 0.1) is 0 Å². The van der Waals surface area contributed by atoms with E-state index in [1.54, 1.807) is 6.08 Å². The van der Waals surface area contributed by atoms with E-state index in [4.69, 9.17) is 4.74 Å². The van der Waals surface area contributed by atoms with Crippen molar-refractivity contribution in [1.29, 1.82) is 0 Å². The maximum absolute atomic E-state index is 10.4. The smallest absolute Gasteiger partial charge is 0.235 e. The van der Waals surface area contributed by atoms with E-state index < -0.39 is 0 Å². The third kappa shape index (κ3) is 2.31. The van der Waals surface area contributed by atoms with Gasteiger partial charge in [-0.05, 0) is 42.7 Å². The van der Waals surface area contributed by atoms with Gasteiger partial charge in [-0.15, -0.1) is 0 Å². The minimum atomic E-state index is -0.274. The van der Waals surface area contributed by atoms with Gasteiger partial charge < -0.3 is 4.74 Å². The Kier molecular flexibility index (Phi) is 3.14. The van der Waals surface area contributed by atoms with Gasteiger partial charge in [0.1, 0.15) is 11.9 Å². The first-order valence-electron chi connectivity index (χ1n) is 6.26. The number of aliphatic imine (C=N–C) groups is 1. The molecule has 1 aliphatic heterocycles. The van der Waals surface area contributed by atoms with Crippen LogP contribution in [0.2, 0.25) is 0 Å². The number of hydrogen-bond donors (Lipinski definition) is 0. The van der Waals surface area contributed by atoms with Gasteiger partial charge in [0, 0.05) is 5.75 Å². The van der Waals surface area contributed by atoms with E-state index in [1.807, 2.05) is 36.0 Å². The van der Waals surface area contributed by atoms with Gasteiger partial charge in [0.15, 0.2) is 0 Å². The lowest BCUT2D eigenvalue weighted by atomic mass is 10.1. The molecular formula is C14H15NO2S. The predicted molar refractivity (Wildman–Crippen MR) is 71.8 cm³/mol. The number of carbonyl (C=O) groups excluding carboxylic acids is 1. The summed E-state index contributed by atoms with van der Waals surface area (Å²) in [4.78, 5) is 14.3. The summed E-state index contributed by atoms with van der Waals surface area (Å²) in [5.74, 6) is 3.19. The monoisotopic (exact) mass is 261 g/mol. The van der Waals surface area contributed by atoms with Crippen molar-refractivity contribution in [2.24, 2.45) is 4.99 Å². The SMILES string of the molecule is O=C=NC1(c2ccc(OC3CCSC3)cc2)CC1. The van der Waals surface area contributed by atoms with Crippen LogP contribution in [0.3, 0.4) is 0 Å². The van der Waals surface area contributed by atoms with E-state index >= 15 is 0 Å². The van der Waals surface area contributed by atoms with Crippen molar-refractivity contribution in [2.75, 3.05) is 11.5 Å².